The summed E-state index contributed by atoms with van der Waals surface area (Å²) in [6, 6.07) is 8.86. The lowest BCUT2D eigenvalue weighted by atomic mass is 10.1. The van der Waals surface area contributed by atoms with Crippen molar-refractivity contribution in [3.63, 3.8) is 0 Å². The van der Waals surface area contributed by atoms with Crippen molar-refractivity contribution in [3.05, 3.63) is 65.4 Å². The third-order valence-electron chi connectivity index (χ3n) is 6.08. The van der Waals surface area contributed by atoms with Crippen LogP contribution in [-0.4, -0.2) is 69.4 Å². The summed E-state index contributed by atoms with van der Waals surface area (Å²) < 4.78 is 10.6. The van der Waals surface area contributed by atoms with Crippen molar-refractivity contribution in [1.29, 1.82) is 0 Å². The number of ether oxygens (including phenoxy) is 1. The summed E-state index contributed by atoms with van der Waals surface area (Å²) in [5.74, 6) is 0.597. The molecular formula is C25H27N7O4. The van der Waals surface area contributed by atoms with E-state index >= 15 is 0 Å². The lowest BCUT2D eigenvalue weighted by Gasteiger charge is -2.27. The summed E-state index contributed by atoms with van der Waals surface area (Å²) >= 11 is 0. The monoisotopic (exact) mass is 489 g/mol. The minimum atomic E-state index is -0.289. The molecule has 1 aromatic carbocycles. The number of pyridine rings is 2. The molecule has 0 atom stereocenters. The smallest absolute Gasteiger partial charge is 0.259 e. The first kappa shape index (κ1) is 23.6. The van der Waals surface area contributed by atoms with E-state index in [2.05, 4.69) is 30.3 Å². The zero-order chi connectivity index (χ0) is 25.1. The maximum absolute atomic E-state index is 13.5. The Bertz CT molecular complexity index is 1370. The van der Waals surface area contributed by atoms with Gasteiger partial charge in [0, 0.05) is 50.0 Å². The van der Waals surface area contributed by atoms with Crippen molar-refractivity contribution >= 4 is 28.3 Å². The van der Waals surface area contributed by atoms with E-state index in [0.29, 0.717) is 54.8 Å². The van der Waals surface area contributed by atoms with Crippen molar-refractivity contribution in [2.24, 2.45) is 0 Å². The van der Waals surface area contributed by atoms with Gasteiger partial charge in [-0.3, -0.25) is 9.69 Å². The summed E-state index contributed by atoms with van der Waals surface area (Å²) in [4.78, 5) is 30.5. The van der Waals surface area contributed by atoms with Crippen molar-refractivity contribution in [3.8, 4) is 5.88 Å². The van der Waals surface area contributed by atoms with Gasteiger partial charge in [0.05, 0.1) is 30.8 Å². The van der Waals surface area contributed by atoms with Gasteiger partial charge in [-0.15, -0.1) is 0 Å². The minimum Gasteiger partial charge on any atom is -0.493 e. The maximum atomic E-state index is 13.5. The number of aryl methyl sites for hydroxylation is 1. The van der Waals surface area contributed by atoms with E-state index in [1.54, 1.807) is 29.3 Å². The van der Waals surface area contributed by atoms with Gasteiger partial charge in [0.1, 0.15) is 5.82 Å². The van der Waals surface area contributed by atoms with Crippen LogP contribution < -0.4 is 10.2 Å². The highest BCUT2D eigenvalue weighted by Gasteiger charge is 2.20. The Balaban J connectivity index is 1.44. The van der Waals surface area contributed by atoms with Gasteiger partial charge in [0.15, 0.2) is 6.33 Å². The summed E-state index contributed by atoms with van der Waals surface area (Å²) in [7, 11) is 1.82. The summed E-state index contributed by atoms with van der Waals surface area (Å²) in [6.45, 7) is 5.92. The number of morpholine rings is 1. The van der Waals surface area contributed by atoms with Gasteiger partial charge >= 0.3 is 0 Å². The molecule has 0 aliphatic carbocycles. The second-order valence-corrected chi connectivity index (χ2v) is 8.78. The number of aromatic hydroxyl groups is 1. The fourth-order valence-electron chi connectivity index (χ4n) is 4.27. The molecule has 186 valence electrons. The number of carbonyl (C=O) groups is 1. The summed E-state index contributed by atoms with van der Waals surface area (Å²) in [5.41, 5.74) is 3.50. The molecule has 0 spiro atoms. The van der Waals surface area contributed by atoms with Gasteiger partial charge in [0.25, 0.3) is 5.91 Å². The lowest BCUT2D eigenvalue weighted by Crippen LogP contribution is -2.35. The number of hydrogen-bond acceptors (Lipinski definition) is 10. The molecule has 4 heterocycles. The lowest BCUT2D eigenvalue weighted by molar-refractivity contribution is 0.0341. The number of amides is 1. The van der Waals surface area contributed by atoms with Crippen LogP contribution in [-0.2, 0) is 17.8 Å². The average Bonchev–Trinajstić information content (AvgIpc) is 3.38. The molecule has 0 unspecified atom stereocenters. The predicted molar refractivity (Wildman–Crippen MR) is 133 cm³/mol. The molecule has 0 saturated carbocycles. The van der Waals surface area contributed by atoms with Crippen molar-refractivity contribution in [2.75, 3.05) is 43.6 Å². The number of benzene rings is 1. The molecule has 36 heavy (non-hydrogen) atoms. The van der Waals surface area contributed by atoms with E-state index in [1.165, 1.54) is 6.33 Å². The number of hydrogen-bond donors (Lipinski definition) is 2. The van der Waals surface area contributed by atoms with E-state index in [9.17, 15) is 9.90 Å². The molecule has 5 rings (SSSR count). The number of nitrogens with one attached hydrogen (secondary N) is 1. The SMILES string of the molecule is Cc1cc(O)nc2ccc(NC(=O)c3cc(CN4CCOCC4)cnc3N(C)Cc3ncno3)cc12. The van der Waals surface area contributed by atoms with Crippen molar-refractivity contribution in [2.45, 2.75) is 20.0 Å². The number of fused-ring (bicyclic) bond motifs is 1. The molecule has 4 aromatic rings. The molecule has 3 aromatic heterocycles. The van der Waals surface area contributed by atoms with Crippen LogP contribution in [0.4, 0.5) is 11.5 Å². The van der Waals surface area contributed by atoms with Gasteiger partial charge in [0.2, 0.25) is 11.8 Å². The molecular weight excluding hydrogens is 462 g/mol. The maximum Gasteiger partial charge on any atom is 0.259 e. The van der Waals surface area contributed by atoms with Crippen LogP contribution in [0.2, 0.25) is 0 Å². The summed E-state index contributed by atoms with van der Waals surface area (Å²) in [5, 5.41) is 17.3. The fourth-order valence-corrected chi connectivity index (χ4v) is 4.27. The third kappa shape index (κ3) is 5.26. The van der Waals surface area contributed by atoms with Crippen LogP contribution in [0.25, 0.3) is 10.9 Å². The molecule has 11 nitrogen and oxygen atoms in total. The Morgan fingerprint density at radius 2 is 2.03 bits per heavy atom. The van der Waals surface area contributed by atoms with Gasteiger partial charge in [-0.1, -0.05) is 5.16 Å². The molecule has 0 radical (unpaired) electrons. The van der Waals surface area contributed by atoms with Crippen LogP contribution in [0.3, 0.4) is 0 Å². The number of nitrogens with zero attached hydrogens (tertiary/aromatic N) is 6. The van der Waals surface area contributed by atoms with Crippen LogP contribution >= 0.6 is 0 Å². The zero-order valence-electron chi connectivity index (χ0n) is 20.1. The number of carbonyl (C=O) groups excluding carboxylic acids is 1. The standard InChI is InChI=1S/C25H27N7O4/c1-16-9-22(33)30-21-4-3-18(11-19(16)21)29-25(34)20-10-17(13-32-5-7-35-8-6-32)12-26-24(20)31(2)14-23-27-15-28-36-23/h3-4,9-12,15H,5-8,13-14H2,1-2H3,(H,29,34)(H,30,33). The van der Waals surface area contributed by atoms with E-state index in [1.807, 2.05) is 26.1 Å². The fraction of sp³-hybridized carbons (Fsp3) is 0.320. The highest BCUT2D eigenvalue weighted by atomic mass is 16.5. The van der Waals surface area contributed by atoms with Crippen LogP contribution in [0.5, 0.6) is 5.88 Å². The number of aromatic nitrogens is 4. The number of rotatable bonds is 7. The van der Waals surface area contributed by atoms with Crippen molar-refractivity contribution in [1.82, 2.24) is 25.0 Å². The third-order valence-corrected chi connectivity index (χ3v) is 6.08. The first-order valence-corrected chi connectivity index (χ1v) is 11.6. The molecule has 0 bridgehead atoms. The molecule has 1 aliphatic heterocycles. The highest BCUT2D eigenvalue weighted by Crippen LogP contribution is 2.26. The topological polar surface area (TPSA) is 130 Å². The Hall–Kier alpha value is -4.09. The van der Waals surface area contributed by atoms with Crippen LogP contribution in [0.1, 0.15) is 27.4 Å². The second-order valence-electron chi connectivity index (χ2n) is 8.78. The molecule has 1 fully saturated rings. The largest absolute Gasteiger partial charge is 0.493 e. The van der Waals surface area contributed by atoms with Gasteiger partial charge in [-0.25, -0.2) is 9.97 Å². The number of anilines is 2. The second kappa shape index (κ2) is 10.3. The zero-order valence-corrected chi connectivity index (χ0v) is 20.1. The Morgan fingerprint density at radius 3 is 2.81 bits per heavy atom. The first-order valence-electron chi connectivity index (χ1n) is 11.6. The quantitative estimate of drug-likeness (QED) is 0.400. The molecule has 2 N–H and O–H groups in total. The predicted octanol–water partition coefficient (Wildman–Crippen LogP) is 2.75. The van der Waals surface area contributed by atoms with E-state index in [4.69, 9.17) is 9.26 Å². The van der Waals surface area contributed by atoms with Crippen LogP contribution in [0.15, 0.2) is 47.4 Å². The van der Waals surface area contributed by atoms with Gasteiger partial charge in [-0.2, -0.15) is 4.98 Å². The van der Waals surface area contributed by atoms with Gasteiger partial charge < -0.3 is 24.6 Å². The molecule has 1 aliphatic rings. The molecule has 1 amide bonds. The highest BCUT2D eigenvalue weighted by molar-refractivity contribution is 6.08. The molecule has 11 heteroatoms. The Kier molecular flexibility index (Phi) is 6.74. The first-order chi connectivity index (χ1) is 17.5. The van der Waals surface area contributed by atoms with E-state index < -0.39 is 0 Å². The van der Waals surface area contributed by atoms with Crippen LogP contribution in [0, 0.1) is 6.92 Å². The average molecular weight is 490 g/mol. The van der Waals surface area contributed by atoms with E-state index in [-0.39, 0.29) is 11.8 Å². The Morgan fingerprint density at radius 1 is 1.19 bits per heavy atom. The van der Waals surface area contributed by atoms with Crippen molar-refractivity contribution < 1.29 is 19.2 Å². The summed E-state index contributed by atoms with van der Waals surface area (Å²) in [6.07, 6.45) is 3.13. The van der Waals surface area contributed by atoms with E-state index in [0.717, 1.165) is 29.6 Å². The minimum absolute atomic E-state index is 0.0335. The Labute approximate surface area is 207 Å². The van der Waals surface area contributed by atoms with Gasteiger partial charge in [-0.05, 0) is 42.3 Å². The molecule has 1 saturated heterocycles. The normalized spacial score (nSPS) is 14.2.